The molecule has 0 aliphatic heterocycles. The van der Waals surface area contributed by atoms with Crippen molar-refractivity contribution in [3.8, 4) is 0 Å². The normalized spacial score (nSPS) is 48.5. The summed E-state index contributed by atoms with van der Waals surface area (Å²) in [5, 5.41) is 22.2. The highest BCUT2D eigenvalue weighted by atomic mass is 16.3. The van der Waals surface area contributed by atoms with Crippen LogP contribution in [0.4, 0.5) is 0 Å². The van der Waals surface area contributed by atoms with E-state index in [4.69, 9.17) is 0 Å². The molecule has 9 atom stereocenters. The van der Waals surface area contributed by atoms with Gasteiger partial charge in [0.05, 0.1) is 11.7 Å². The van der Waals surface area contributed by atoms with Crippen molar-refractivity contribution < 1.29 is 10.2 Å². The maximum atomic E-state index is 11.2. The maximum Gasteiger partial charge on any atom is 0.0682 e. The summed E-state index contributed by atoms with van der Waals surface area (Å²) in [6.45, 7) is 9.70. The van der Waals surface area contributed by atoms with E-state index in [1.54, 1.807) is 5.57 Å². The van der Waals surface area contributed by atoms with Gasteiger partial charge in [0, 0.05) is 0 Å². The molecule has 32 heavy (non-hydrogen) atoms. The van der Waals surface area contributed by atoms with Crippen LogP contribution in [0.5, 0.6) is 0 Å². The molecule has 5 aliphatic carbocycles. The van der Waals surface area contributed by atoms with Crippen molar-refractivity contribution in [3.63, 3.8) is 0 Å². The summed E-state index contributed by atoms with van der Waals surface area (Å²) >= 11 is 0. The fourth-order valence-corrected chi connectivity index (χ4v) is 9.99. The van der Waals surface area contributed by atoms with Crippen molar-refractivity contribution in [2.75, 3.05) is 0 Å². The predicted octanol–water partition coefficient (Wildman–Crippen LogP) is 7.28. The molecule has 0 heterocycles. The Balaban J connectivity index is 1.32. The van der Waals surface area contributed by atoms with E-state index in [-0.39, 0.29) is 6.10 Å². The zero-order valence-corrected chi connectivity index (χ0v) is 21.4. The minimum Gasteiger partial charge on any atom is -0.393 e. The molecular weight excluding hydrogens is 392 g/mol. The zero-order valence-electron chi connectivity index (χ0n) is 21.4. The first-order chi connectivity index (χ1) is 15.2. The summed E-state index contributed by atoms with van der Waals surface area (Å²) in [6, 6.07) is 0. The Hall–Kier alpha value is -0.340. The van der Waals surface area contributed by atoms with Crippen LogP contribution in [0.2, 0.25) is 0 Å². The minimum absolute atomic E-state index is 0.100. The van der Waals surface area contributed by atoms with Crippen LogP contribution >= 0.6 is 0 Å². The molecule has 0 amide bonds. The predicted molar refractivity (Wildman–Crippen MR) is 132 cm³/mol. The second kappa shape index (κ2) is 8.40. The number of hydrogen-bond donors (Lipinski definition) is 2. The lowest BCUT2D eigenvalue weighted by molar-refractivity contribution is -0.0823. The number of fused-ring (bicyclic) bond motifs is 5. The smallest absolute Gasteiger partial charge is 0.0682 e. The van der Waals surface area contributed by atoms with Crippen molar-refractivity contribution in [1.82, 2.24) is 0 Å². The summed E-state index contributed by atoms with van der Waals surface area (Å²) in [6.07, 6.45) is 19.6. The van der Waals surface area contributed by atoms with Gasteiger partial charge in [-0.05, 0) is 111 Å². The number of allylic oxidation sites excluding steroid dienone is 1. The first-order valence-corrected chi connectivity index (χ1v) is 14.3. The highest BCUT2D eigenvalue weighted by Crippen LogP contribution is 2.68. The summed E-state index contributed by atoms with van der Waals surface area (Å²) < 4.78 is 0. The molecule has 5 aliphatic rings. The second-order valence-corrected chi connectivity index (χ2v) is 13.6. The van der Waals surface area contributed by atoms with Crippen LogP contribution in [0, 0.1) is 46.3 Å². The molecule has 0 aromatic heterocycles. The summed E-state index contributed by atoms with van der Waals surface area (Å²) in [4.78, 5) is 0. The summed E-state index contributed by atoms with van der Waals surface area (Å²) in [7, 11) is 0. The quantitative estimate of drug-likeness (QED) is 0.439. The van der Waals surface area contributed by atoms with Crippen LogP contribution in [0.1, 0.15) is 118 Å². The van der Waals surface area contributed by atoms with Gasteiger partial charge in [-0.3, -0.25) is 0 Å². The zero-order chi connectivity index (χ0) is 22.7. The molecule has 4 fully saturated rings. The number of aliphatic hydroxyl groups excluding tert-OH is 1. The standard InChI is InChI=1S/C30H50O2/c1-5-30(32)17-16-28(3)22(19-30)10-11-23-25-13-12-24(29(25,4)15-14-26(23)28)20(2)27(31)18-21-8-6-7-9-21/h10,20-21,23-27,31-32H,5-9,11-19H2,1-4H3/t20-,23-,24+,25-,26-,27-,28-,29+,30-/m0/s1. The Morgan fingerprint density at radius 3 is 2.47 bits per heavy atom. The van der Waals surface area contributed by atoms with Crippen molar-refractivity contribution in [2.45, 2.75) is 129 Å². The van der Waals surface area contributed by atoms with E-state index < -0.39 is 5.60 Å². The van der Waals surface area contributed by atoms with Gasteiger partial charge in [0.2, 0.25) is 0 Å². The lowest BCUT2D eigenvalue weighted by Crippen LogP contribution is -2.52. The van der Waals surface area contributed by atoms with Gasteiger partial charge < -0.3 is 10.2 Å². The van der Waals surface area contributed by atoms with Crippen molar-refractivity contribution in [2.24, 2.45) is 46.3 Å². The highest BCUT2D eigenvalue weighted by Gasteiger charge is 2.60. The number of hydrogen-bond acceptors (Lipinski definition) is 2. The van der Waals surface area contributed by atoms with Gasteiger partial charge in [0.1, 0.15) is 0 Å². The van der Waals surface area contributed by atoms with Gasteiger partial charge in [-0.2, -0.15) is 0 Å². The fourth-order valence-electron chi connectivity index (χ4n) is 9.99. The van der Waals surface area contributed by atoms with E-state index in [2.05, 4.69) is 33.8 Å². The molecule has 0 unspecified atom stereocenters. The molecule has 0 radical (unpaired) electrons. The van der Waals surface area contributed by atoms with Crippen LogP contribution in [-0.2, 0) is 0 Å². The Morgan fingerprint density at radius 2 is 1.75 bits per heavy atom. The molecule has 0 saturated heterocycles. The molecule has 0 aromatic rings. The second-order valence-electron chi connectivity index (χ2n) is 13.6. The largest absolute Gasteiger partial charge is 0.393 e. The molecule has 2 heteroatoms. The van der Waals surface area contributed by atoms with Gasteiger partial charge in [-0.1, -0.05) is 65.0 Å². The topological polar surface area (TPSA) is 40.5 Å². The first kappa shape index (κ1) is 23.4. The van der Waals surface area contributed by atoms with E-state index in [1.807, 2.05) is 0 Å². The van der Waals surface area contributed by atoms with E-state index >= 15 is 0 Å². The van der Waals surface area contributed by atoms with Crippen molar-refractivity contribution in [1.29, 1.82) is 0 Å². The Kier molecular flexibility index (Phi) is 6.14. The molecule has 0 bridgehead atoms. The Morgan fingerprint density at radius 1 is 1.00 bits per heavy atom. The van der Waals surface area contributed by atoms with Crippen LogP contribution in [0.15, 0.2) is 11.6 Å². The van der Waals surface area contributed by atoms with Crippen molar-refractivity contribution in [3.05, 3.63) is 11.6 Å². The molecule has 4 saturated carbocycles. The van der Waals surface area contributed by atoms with Crippen molar-refractivity contribution >= 4 is 0 Å². The molecule has 5 rings (SSSR count). The van der Waals surface area contributed by atoms with Gasteiger partial charge in [0.15, 0.2) is 0 Å². The van der Waals surface area contributed by atoms with Crippen LogP contribution in [-0.4, -0.2) is 21.9 Å². The van der Waals surface area contributed by atoms with Gasteiger partial charge in [0.25, 0.3) is 0 Å². The molecule has 0 spiro atoms. The molecular formula is C30H50O2. The summed E-state index contributed by atoms with van der Waals surface area (Å²) in [5.41, 5.74) is 1.87. The van der Waals surface area contributed by atoms with E-state index in [0.717, 1.165) is 49.4 Å². The average Bonchev–Trinajstić information content (AvgIpc) is 3.41. The van der Waals surface area contributed by atoms with E-state index in [1.165, 1.54) is 64.2 Å². The lowest BCUT2D eigenvalue weighted by atomic mass is 9.46. The fraction of sp³-hybridized carbons (Fsp3) is 0.933. The summed E-state index contributed by atoms with van der Waals surface area (Å²) in [5.74, 6) is 4.37. The highest BCUT2D eigenvalue weighted by molar-refractivity contribution is 5.27. The van der Waals surface area contributed by atoms with Crippen LogP contribution in [0.3, 0.4) is 0 Å². The number of aliphatic hydroxyl groups is 2. The molecule has 2 nitrogen and oxygen atoms in total. The van der Waals surface area contributed by atoms with Gasteiger partial charge in [-0.25, -0.2) is 0 Å². The Bertz CT molecular complexity index is 722. The third kappa shape index (κ3) is 3.65. The number of rotatable bonds is 5. The van der Waals surface area contributed by atoms with Crippen LogP contribution < -0.4 is 0 Å². The third-order valence-corrected chi connectivity index (χ3v) is 12.3. The first-order valence-electron chi connectivity index (χ1n) is 14.3. The maximum absolute atomic E-state index is 11.2. The van der Waals surface area contributed by atoms with Gasteiger partial charge >= 0.3 is 0 Å². The SMILES string of the molecule is CC[C@]1(O)CC[C@@]2(C)C(=CC[C@H]3[C@@H]4CC[C@H]([C@H](C)[C@@H](O)CC5CCCC5)[C@@]4(C)CC[C@@H]32)C1. The minimum atomic E-state index is -0.454. The van der Waals surface area contributed by atoms with Gasteiger partial charge in [-0.15, -0.1) is 0 Å². The third-order valence-electron chi connectivity index (χ3n) is 12.3. The monoisotopic (exact) mass is 442 g/mol. The average molecular weight is 443 g/mol. The molecule has 0 aromatic carbocycles. The van der Waals surface area contributed by atoms with E-state index in [9.17, 15) is 10.2 Å². The van der Waals surface area contributed by atoms with E-state index in [0.29, 0.717) is 22.7 Å². The Labute approximate surface area is 197 Å². The molecule has 182 valence electrons. The molecule has 2 N–H and O–H groups in total. The van der Waals surface area contributed by atoms with Crippen LogP contribution in [0.25, 0.3) is 0 Å². The lowest BCUT2D eigenvalue weighted by Gasteiger charge is -2.59.